The number of carbonyl (C=O) groups excluding carboxylic acids is 2. The number of ether oxygens (including phenoxy) is 2. The van der Waals surface area contributed by atoms with Gasteiger partial charge in [-0.2, -0.15) is 0 Å². The number of halogens is 2. The van der Waals surface area contributed by atoms with E-state index in [2.05, 4.69) is 22.3 Å². The van der Waals surface area contributed by atoms with E-state index in [1.807, 2.05) is 18.2 Å². The summed E-state index contributed by atoms with van der Waals surface area (Å²) in [4.78, 5) is 29.3. The third kappa shape index (κ3) is 6.34. The number of likely N-dealkylation sites (tertiary alicyclic amines) is 1. The molecule has 0 radical (unpaired) electrons. The van der Waals surface area contributed by atoms with Gasteiger partial charge in [0.05, 0.1) is 33.2 Å². The Bertz CT molecular complexity index is 1260. The molecule has 2 heterocycles. The zero-order valence-corrected chi connectivity index (χ0v) is 23.3. The molecule has 3 N–H and O–H groups in total. The second-order valence-electron chi connectivity index (χ2n) is 9.91. The van der Waals surface area contributed by atoms with Gasteiger partial charge in [0.1, 0.15) is 11.9 Å². The van der Waals surface area contributed by atoms with E-state index in [9.17, 15) is 9.59 Å². The highest BCUT2D eigenvalue weighted by Crippen LogP contribution is 2.43. The third-order valence-corrected chi connectivity index (χ3v) is 7.49. The minimum atomic E-state index is -0.912. The topological polar surface area (TPSA) is 93.9 Å². The molecule has 1 fully saturated rings. The van der Waals surface area contributed by atoms with Crippen molar-refractivity contribution in [3.63, 3.8) is 0 Å². The molecule has 0 aliphatic carbocycles. The average Bonchev–Trinajstić information content (AvgIpc) is 2.85. The number of esters is 2. The summed E-state index contributed by atoms with van der Waals surface area (Å²) >= 11 is 12.9. The van der Waals surface area contributed by atoms with Gasteiger partial charge in [-0.1, -0.05) is 65.7 Å². The summed E-state index contributed by atoms with van der Waals surface area (Å²) in [5.41, 5.74) is 8.86. The highest BCUT2D eigenvalue weighted by atomic mass is 35.5. The molecule has 2 aliphatic heterocycles. The molecule has 2 aliphatic rings. The summed E-state index contributed by atoms with van der Waals surface area (Å²) in [5, 5.41) is 3.50. The fraction of sp³-hybridized carbons (Fsp3) is 0.379. The molecule has 9 heteroatoms. The Morgan fingerprint density at radius 2 is 1.82 bits per heavy atom. The molecule has 2 aromatic carbocycles. The number of nitrogens with one attached hydrogen (secondary N) is 1. The van der Waals surface area contributed by atoms with Crippen LogP contribution in [-0.4, -0.2) is 42.1 Å². The Morgan fingerprint density at radius 3 is 2.53 bits per heavy atom. The molecule has 0 amide bonds. The van der Waals surface area contributed by atoms with Crippen molar-refractivity contribution in [2.45, 2.75) is 58.3 Å². The number of benzene rings is 2. The maximum atomic E-state index is 13.7. The number of nitrogens with zero attached hydrogens (tertiary/aromatic N) is 1. The van der Waals surface area contributed by atoms with Crippen LogP contribution in [0.5, 0.6) is 0 Å². The minimum absolute atomic E-state index is 0.103. The summed E-state index contributed by atoms with van der Waals surface area (Å²) in [5.74, 6) is -1.99. The van der Waals surface area contributed by atoms with Gasteiger partial charge in [-0.05, 0) is 57.4 Å². The fourth-order valence-corrected chi connectivity index (χ4v) is 5.41. The van der Waals surface area contributed by atoms with Gasteiger partial charge >= 0.3 is 11.9 Å². The quantitative estimate of drug-likeness (QED) is 0.447. The van der Waals surface area contributed by atoms with Crippen LogP contribution < -0.4 is 11.1 Å². The summed E-state index contributed by atoms with van der Waals surface area (Å²) < 4.78 is 11.6. The van der Waals surface area contributed by atoms with Crippen molar-refractivity contribution in [1.82, 2.24) is 10.2 Å². The van der Waals surface area contributed by atoms with Crippen LogP contribution in [0, 0.1) is 0 Å². The summed E-state index contributed by atoms with van der Waals surface area (Å²) in [6, 6.07) is 15.3. The van der Waals surface area contributed by atoms with Gasteiger partial charge < -0.3 is 20.5 Å². The van der Waals surface area contributed by atoms with Crippen molar-refractivity contribution in [2.75, 3.05) is 13.1 Å². The van der Waals surface area contributed by atoms with Crippen molar-refractivity contribution < 1.29 is 19.1 Å². The molecule has 1 saturated heterocycles. The van der Waals surface area contributed by atoms with Gasteiger partial charge in [-0.25, -0.2) is 9.59 Å². The number of allylic oxidation sites excluding steroid dienone is 1. The van der Waals surface area contributed by atoms with Crippen molar-refractivity contribution in [2.24, 2.45) is 5.73 Å². The zero-order valence-electron chi connectivity index (χ0n) is 21.8. The van der Waals surface area contributed by atoms with Crippen LogP contribution >= 0.6 is 23.2 Å². The van der Waals surface area contributed by atoms with E-state index in [0.29, 0.717) is 22.8 Å². The minimum Gasteiger partial charge on any atom is -0.460 e. The molecular formula is C29H33Cl2N3O4. The molecule has 0 bridgehead atoms. The lowest BCUT2D eigenvalue weighted by Gasteiger charge is -2.34. The molecule has 38 heavy (non-hydrogen) atoms. The molecule has 202 valence electrons. The van der Waals surface area contributed by atoms with Crippen LogP contribution in [0.2, 0.25) is 10.0 Å². The van der Waals surface area contributed by atoms with Crippen molar-refractivity contribution >= 4 is 35.1 Å². The van der Waals surface area contributed by atoms with Crippen LogP contribution in [0.4, 0.5) is 0 Å². The Morgan fingerprint density at radius 1 is 1.08 bits per heavy atom. The van der Waals surface area contributed by atoms with Crippen molar-refractivity contribution in [3.8, 4) is 0 Å². The fourth-order valence-electron chi connectivity index (χ4n) is 4.99. The standard InChI is InChI=1S/C29H33Cl2N3O4/c1-17(2)37-28(35)23-18(3)33-27(32)25(24(23)21-12-7-13-22(30)26(21)31)29(36)38-20-11-8-14-34(16-20)15-19-9-5-4-6-10-19/h4-7,9-10,12-13,17,20,24,33H,8,11,14-16,32H2,1-3H3. The van der Waals surface area contributed by atoms with Gasteiger partial charge in [0, 0.05) is 18.8 Å². The van der Waals surface area contributed by atoms with E-state index >= 15 is 0 Å². The molecule has 0 spiro atoms. The van der Waals surface area contributed by atoms with E-state index in [1.54, 1.807) is 39.0 Å². The second kappa shape index (κ2) is 12.2. The normalized spacial score (nSPS) is 20.4. The molecule has 2 atom stereocenters. The number of carbonyl (C=O) groups is 2. The molecule has 0 aromatic heterocycles. The van der Waals surface area contributed by atoms with Crippen LogP contribution in [-0.2, 0) is 25.6 Å². The van der Waals surface area contributed by atoms with Gasteiger partial charge in [0.15, 0.2) is 0 Å². The van der Waals surface area contributed by atoms with Crippen LogP contribution in [0.25, 0.3) is 0 Å². The Labute approximate surface area is 233 Å². The SMILES string of the molecule is CC1=C(C(=O)OC(C)C)C(c2cccc(Cl)c2Cl)C(C(=O)OC2CCCN(Cc3ccccc3)C2)=C(N)N1. The first kappa shape index (κ1) is 28.0. The molecule has 2 aromatic rings. The average molecular weight is 559 g/mol. The predicted molar refractivity (Wildman–Crippen MR) is 148 cm³/mol. The largest absolute Gasteiger partial charge is 0.460 e. The van der Waals surface area contributed by atoms with Crippen LogP contribution in [0.1, 0.15) is 50.7 Å². The molecule has 4 rings (SSSR count). The van der Waals surface area contributed by atoms with E-state index in [-0.39, 0.29) is 34.2 Å². The molecule has 2 unspecified atom stereocenters. The molecule has 0 saturated carbocycles. The number of nitrogens with two attached hydrogens (primary N) is 1. The first-order chi connectivity index (χ1) is 18.2. The lowest BCUT2D eigenvalue weighted by atomic mass is 9.81. The van der Waals surface area contributed by atoms with Gasteiger partial charge in [0.25, 0.3) is 0 Å². The smallest absolute Gasteiger partial charge is 0.338 e. The van der Waals surface area contributed by atoms with Crippen LogP contribution in [0.3, 0.4) is 0 Å². The maximum Gasteiger partial charge on any atom is 0.338 e. The predicted octanol–water partition coefficient (Wildman–Crippen LogP) is 5.28. The van der Waals surface area contributed by atoms with E-state index < -0.39 is 17.9 Å². The first-order valence-corrected chi connectivity index (χ1v) is 13.5. The van der Waals surface area contributed by atoms with Crippen molar-refractivity contribution in [1.29, 1.82) is 0 Å². The maximum absolute atomic E-state index is 13.7. The number of rotatable bonds is 7. The summed E-state index contributed by atoms with van der Waals surface area (Å²) in [6.45, 7) is 7.52. The van der Waals surface area contributed by atoms with Crippen LogP contribution in [0.15, 0.2) is 71.2 Å². The Balaban J connectivity index is 1.63. The monoisotopic (exact) mass is 557 g/mol. The highest BCUT2D eigenvalue weighted by Gasteiger charge is 2.41. The van der Waals surface area contributed by atoms with E-state index in [0.717, 1.165) is 25.9 Å². The Hall–Kier alpha value is -3.00. The van der Waals surface area contributed by atoms with E-state index in [4.69, 9.17) is 38.4 Å². The number of hydrogen-bond acceptors (Lipinski definition) is 7. The number of piperidine rings is 1. The lowest BCUT2D eigenvalue weighted by molar-refractivity contribution is -0.147. The summed E-state index contributed by atoms with van der Waals surface area (Å²) in [7, 11) is 0. The second-order valence-corrected chi connectivity index (χ2v) is 10.7. The van der Waals surface area contributed by atoms with E-state index in [1.165, 1.54) is 5.56 Å². The van der Waals surface area contributed by atoms with Crippen molar-refractivity contribution in [3.05, 3.63) is 92.4 Å². The van der Waals surface area contributed by atoms with Gasteiger partial charge in [0.2, 0.25) is 0 Å². The van der Waals surface area contributed by atoms with Gasteiger partial charge in [-0.15, -0.1) is 0 Å². The third-order valence-electron chi connectivity index (χ3n) is 6.65. The zero-order chi connectivity index (χ0) is 27.4. The number of hydrogen-bond donors (Lipinski definition) is 2. The molecule has 7 nitrogen and oxygen atoms in total. The number of dihydropyridines is 1. The van der Waals surface area contributed by atoms with Gasteiger partial charge in [-0.3, -0.25) is 4.90 Å². The molecular weight excluding hydrogens is 525 g/mol. The lowest BCUT2D eigenvalue weighted by Crippen LogP contribution is -2.42. The highest BCUT2D eigenvalue weighted by molar-refractivity contribution is 6.42. The first-order valence-electron chi connectivity index (χ1n) is 12.7. The Kier molecular flexibility index (Phi) is 9.03. The summed E-state index contributed by atoms with van der Waals surface area (Å²) in [6.07, 6.45) is 0.937.